The quantitative estimate of drug-likeness (QED) is 0.923. The number of amides is 1. The number of carboxylic acid groups (broad SMARTS) is 1. The Bertz CT molecular complexity index is 795. The van der Waals surface area contributed by atoms with Gasteiger partial charge in [-0.3, -0.25) is 9.48 Å². The predicted octanol–water partition coefficient (Wildman–Crippen LogP) is 2.44. The number of rotatable bonds is 4. The van der Waals surface area contributed by atoms with Gasteiger partial charge in [-0.05, 0) is 37.5 Å². The van der Waals surface area contributed by atoms with Crippen molar-refractivity contribution in [3.8, 4) is 0 Å². The van der Waals surface area contributed by atoms with Gasteiger partial charge in [-0.15, -0.1) is 0 Å². The number of halogens is 1. The number of nitrogens with zero attached hydrogens (tertiary/aromatic N) is 3. The molecule has 1 aromatic carbocycles. The van der Waals surface area contributed by atoms with Crippen molar-refractivity contribution in [3.63, 3.8) is 0 Å². The van der Waals surface area contributed by atoms with Crippen molar-refractivity contribution < 1.29 is 19.1 Å². The average molecular weight is 345 g/mol. The Hall–Kier alpha value is -2.70. The fourth-order valence-electron chi connectivity index (χ4n) is 3.29. The van der Waals surface area contributed by atoms with Crippen LogP contribution in [0.3, 0.4) is 0 Å². The van der Waals surface area contributed by atoms with Gasteiger partial charge in [-0.25, -0.2) is 9.18 Å². The average Bonchev–Trinajstić information content (AvgIpc) is 2.97. The number of aromatic carboxylic acids is 1. The first-order valence-electron chi connectivity index (χ1n) is 8.25. The molecule has 1 fully saturated rings. The summed E-state index contributed by atoms with van der Waals surface area (Å²) in [7, 11) is 0. The molecular weight excluding hydrogens is 325 g/mol. The van der Waals surface area contributed by atoms with Crippen molar-refractivity contribution in [2.24, 2.45) is 0 Å². The minimum Gasteiger partial charge on any atom is -0.478 e. The van der Waals surface area contributed by atoms with E-state index < -0.39 is 5.97 Å². The molecule has 7 heteroatoms. The molecule has 1 aliphatic rings. The van der Waals surface area contributed by atoms with Crippen LogP contribution in [-0.2, 0) is 11.2 Å². The minimum absolute atomic E-state index is 0.0209. The molecule has 25 heavy (non-hydrogen) atoms. The third kappa shape index (κ3) is 3.70. The molecule has 2 aromatic rings. The van der Waals surface area contributed by atoms with Crippen LogP contribution in [0.15, 0.2) is 30.5 Å². The van der Waals surface area contributed by atoms with E-state index in [9.17, 15) is 14.0 Å². The first-order valence-corrected chi connectivity index (χ1v) is 8.25. The fourth-order valence-corrected chi connectivity index (χ4v) is 3.29. The summed E-state index contributed by atoms with van der Waals surface area (Å²) in [5.74, 6) is -1.34. The second kappa shape index (κ2) is 7.04. The third-order valence-corrected chi connectivity index (χ3v) is 4.68. The first kappa shape index (κ1) is 17.1. The van der Waals surface area contributed by atoms with Crippen LogP contribution >= 0.6 is 0 Å². The van der Waals surface area contributed by atoms with Crippen LogP contribution in [0.25, 0.3) is 0 Å². The fraction of sp³-hybridized carbons (Fsp3) is 0.389. The number of likely N-dealkylation sites (tertiary alicyclic amines) is 1. The number of piperidine rings is 1. The van der Waals surface area contributed by atoms with Crippen LogP contribution in [0.5, 0.6) is 0 Å². The van der Waals surface area contributed by atoms with Crippen LogP contribution in [0.1, 0.15) is 40.5 Å². The lowest BCUT2D eigenvalue weighted by Crippen LogP contribution is -2.40. The van der Waals surface area contributed by atoms with Gasteiger partial charge in [0.15, 0.2) is 0 Å². The lowest BCUT2D eigenvalue weighted by atomic mass is 10.0. The van der Waals surface area contributed by atoms with E-state index in [-0.39, 0.29) is 29.8 Å². The molecule has 3 rings (SSSR count). The lowest BCUT2D eigenvalue weighted by molar-refractivity contribution is -0.131. The number of hydrogen-bond donors (Lipinski definition) is 1. The second-order valence-electron chi connectivity index (χ2n) is 6.31. The summed E-state index contributed by atoms with van der Waals surface area (Å²) in [6.07, 6.45) is 3.00. The molecule has 1 aromatic heterocycles. The zero-order valence-corrected chi connectivity index (χ0v) is 14.0. The monoisotopic (exact) mass is 345 g/mol. The largest absolute Gasteiger partial charge is 0.478 e. The molecule has 1 N–H and O–H groups in total. The van der Waals surface area contributed by atoms with Gasteiger partial charge in [0.25, 0.3) is 0 Å². The molecule has 0 radical (unpaired) electrons. The smallest absolute Gasteiger partial charge is 0.339 e. The van der Waals surface area contributed by atoms with Crippen molar-refractivity contribution >= 4 is 11.9 Å². The first-order chi connectivity index (χ1) is 12.0. The van der Waals surface area contributed by atoms with E-state index in [4.69, 9.17) is 5.11 Å². The van der Waals surface area contributed by atoms with Crippen molar-refractivity contribution in [2.75, 3.05) is 13.1 Å². The van der Waals surface area contributed by atoms with Gasteiger partial charge in [-0.1, -0.05) is 12.1 Å². The molecule has 1 saturated heterocycles. The summed E-state index contributed by atoms with van der Waals surface area (Å²) in [5.41, 5.74) is 1.52. The van der Waals surface area contributed by atoms with Crippen molar-refractivity contribution in [1.29, 1.82) is 0 Å². The van der Waals surface area contributed by atoms with Gasteiger partial charge in [0.1, 0.15) is 11.4 Å². The van der Waals surface area contributed by atoms with E-state index in [1.807, 2.05) is 0 Å². The van der Waals surface area contributed by atoms with E-state index in [0.29, 0.717) is 24.3 Å². The van der Waals surface area contributed by atoms with Gasteiger partial charge in [0, 0.05) is 13.1 Å². The SMILES string of the molecule is Cc1c(C(=O)O)cnn1C1CCN(C(=O)Cc2cccc(F)c2)CC1. The highest BCUT2D eigenvalue weighted by Gasteiger charge is 2.26. The number of hydrogen-bond acceptors (Lipinski definition) is 3. The number of benzene rings is 1. The highest BCUT2D eigenvalue weighted by molar-refractivity contribution is 5.88. The standard InChI is InChI=1S/C18H20FN3O3/c1-12-16(18(24)25)11-20-22(12)15-5-7-21(8-6-15)17(23)10-13-3-2-4-14(19)9-13/h2-4,9,11,15H,5-8,10H2,1H3,(H,24,25). The molecule has 0 bridgehead atoms. The van der Waals surface area contributed by atoms with Crippen LogP contribution in [-0.4, -0.2) is 44.8 Å². The molecule has 6 nitrogen and oxygen atoms in total. The summed E-state index contributed by atoms with van der Waals surface area (Å²) in [4.78, 5) is 25.3. The molecular formula is C18H20FN3O3. The van der Waals surface area contributed by atoms with E-state index in [2.05, 4.69) is 5.10 Å². The molecule has 0 aliphatic carbocycles. The third-order valence-electron chi connectivity index (χ3n) is 4.68. The van der Waals surface area contributed by atoms with Crippen molar-refractivity contribution in [1.82, 2.24) is 14.7 Å². The Morgan fingerprint density at radius 1 is 1.32 bits per heavy atom. The summed E-state index contributed by atoms with van der Waals surface area (Å²) < 4.78 is 15.0. The Balaban J connectivity index is 1.60. The second-order valence-corrected chi connectivity index (χ2v) is 6.31. The zero-order chi connectivity index (χ0) is 18.0. The molecule has 2 heterocycles. The van der Waals surface area contributed by atoms with Gasteiger partial charge in [0.05, 0.1) is 24.4 Å². The maximum absolute atomic E-state index is 13.2. The molecule has 0 atom stereocenters. The van der Waals surface area contributed by atoms with Crippen molar-refractivity contribution in [3.05, 3.63) is 53.1 Å². The number of aromatic nitrogens is 2. The summed E-state index contributed by atoms with van der Waals surface area (Å²) in [6, 6.07) is 6.17. The number of carbonyl (C=O) groups excluding carboxylic acids is 1. The van der Waals surface area contributed by atoms with Crippen LogP contribution in [0, 0.1) is 12.7 Å². The summed E-state index contributed by atoms with van der Waals surface area (Å²) in [6.45, 7) is 2.92. The maximum atomic E-state index is 13.2. The van der Waals surface area contributed by atoms with Crippen LogP contribution in [0.4, 0.5) is 4.39 Å². The highest BCUT2D eigenvalue weighted by Crippen LogP contribution is 2.25. The van der Waals surface area contributed by atoms with Gasteiger partial charge >= 0.3 is 5.97 Å². The summed E-state index contributed by atoms with van der Waals surface area (Å²) >= 11 is 0. The predicted molar refractivity (Wildman–Crippen MR) is 88.9 cm³/mol. The van der Waals surface area contributed by atoms with Gasteiger partial charge in [-0.2, -0.15) is 5.10 Å². The molecule has 0 spiro atoms. The van der Waals surface area contributed by atoms with E-state index >= 15 is 0 Å². The topological polar surface area (TPSA) is 75.4 Å². The Morgan fingerprint density at radius 3 is 2.64 bits per heavy atom. The number of carboxylic acids is 1. The highest BCUT2D eigenvalue weighted by atomic mass is 19.1. The molecule has 0 unspecified atom stereocenters. The molecule has 132 valence electrons. The molecule has 1 amide bonds. The summed E-state index contributed by atoms with van der Waals surface area (Å²) in [5, 5.41) is 13.3. The Kier molecular flexibility index (Phi) is 4.83. The lowest BCUT2D eigenvalue weighted by Gasteiger charge is -2.32. The van der Waals surface area contributed by atoms with E-state index in [1.165, 1.54) is 18.3 Å². The maximum Gasteiger partial charge on any atom is 0.339 e. The van der Waals surface area contributed by atoms with Crippen LogP contribution in [0.2, 0.25) is 0 Å². The molecule has 0 saturated carbocycles. The minimum atomic E-state index is -0.980. The molecule has 1 aliphatic heterocycles. The Morgan fingerprint density at radius 2 is 2.04 bits per heavy atom. The normalized spacial score (nSPS) is 15.4. The van der Waals surface area contributed by atoms with Gasteiger partial charge in [0.2, 0.25) is 5.91 Å². The number of carbonyl (C=O) groups is 2. The van der Waals surface area contributed by atoms with Gasteiger partial charge < -0.3 is 10.0 Å². The van der Waals surface area contributed by atoms with E-state index in [1.54, 1.807) is 28.6 Å². The van der Waals surface area contributed by atoms with E-state index in [0.717, 1.165) is 12.8 Å². The Labute approximate surface area is 144 Å². The van der Waals surface area contributed by atoms with Crippen molar-refractivity contribution in [2.45, 2.75) is 32.2 Å². The zero-order valence-electron chi connectivity index (χ0n) is 14.0. The van der Waals surface area contributed by atoms with Crippen LogP contribution < -0.4 is 0 Å².